The fourth-order valence-corrected chi connectivity index (χ4v) is 2.46. The molecule has 0 amide bonds. The molecule has 1 saturated heterocycles. The van der Waals surface area contributed by atoms with Crippen LogP contribution in [0.2, 0.25) is 0 Å². The third-order valence-electron chi connectivity index (χ3n) is 3.01. The van der Waals surface area contributed by atoms with Crippen LogP contribution in [0.5, 0.6) is 0 Å². The van der Waals surface area contributed by atoms with Gasteiger partial charge in [-0.25, -0.2) is 0 Å². The number of alkyl halides is 1. The molecule has 0 aromatic rings. The van der Waals surface area contributed by atoms with Gasteiger partial charge in [-0.05, 0) is 33.2 Å². The molecule has 0 radical (unpaired) electrons. The molecule has 0 spiro atoms. The normalized spacial score (nSPS) is 24.4. The van der Waals surface area contributed by atoms with E-state index in [4.69, 9.17) is 16.3 Å². The highest BCUT2D eigenvalue weighted by Gasteiger charge is 2.19. The molecular formula is C12H24ClNO. The predicted octanol–water partition coefficient (Wildman–Crippen LogP) is 2.89. The van der Waals surface area contributed by atoms with Gasteiger partial charge in [0.2, 0.25) is 0 Å². The van der Waals surface area contributed by atoms with Gasteiger partial charge in [0.15, 0.2) is 0 Å². The minimum atomic E-state index is 0.339. The molecule has 0 bridgehead atoms. The second-order valence-electron chi connectivity index (χ2n) is 4.61. The second kappa shape index (κ2) is 7.48. The van der Waals surface area contributed by atoms with E-state index in [1.54, 1.807) is 0 Å². The van der Waals surface area contributed by atoms with Crippen LogP contribution < -0.4 is 0 Å². The summed E-state index contributed by atoms with van der Waals surface area (Å²) in [5, 5.41) is 0. The molecule has 2 nitrogen and oxygen atoms in total. The molecule has 0 aliphatic carbocycles. The summed E-state index contributed by atoms with van der Waals surface area (Å²) in [7, 11) is 0. The molecule has 1 rings (SSSR count). The molecule has 3 heteroatoms. The van der Waals surface area contributed by atoms with Crippen molar-refractivity contribution < 1.29 is 4.74 Å². The number of rotatable bonds is 5. The van der Waals surface area contributed by atoms with Gasteiger partial charge in [-0.3, -0.25) is 4.90 Å². The van der Waals surface area contributed by atoms with Crippen LogP contribution in [0.1, 0.15) is 39.5 Å². The summed E-state index contributed by atoms with van der Waals surface area (Å²) in [5.41, 5.74) is 0. The third kappa shape index (κ3) is 5.19. The van der Waals surface area contributed by atoms with Gasteiger partial charge in [0.25, 0.3) is 0 Å². The van der Waals surface area contributed by atoms with Gasteiger partial charge >= 0.3 is 0 Å². The first-order valence-electron chi connectivity index (χ1n) is 6.15. The lowest BCUT2D eigenvalue weighted by Crippen LogP contribution is -2.38. The topological polar surface area (TPSA) is 12.5 Å². The standard InChI is InChI=1S/C12H24ClNO/c1-11(2)15-9-8-14-7-5-3-4-6-12(14)10-13/h11-12H,3-10H2,1-2H3. The number of likely N-dealkylation sites (tertiary alicyclic amines) is 1. The van der Waals surface area contributed by atoms with Gasteiger partial charge < -0.3 is 4.74 Å². The lowest BCUT2D eigenvalue weighted by molar-refractivity contribution is 0.0517. The molecule has 0 aromatic heterocycles. The van der Waals surface area contributed by atoms with Crippen LogP contribution in [0.4, 0.5) is 0 Å². The van der Waals surface area contributed by atoms with Crippen molar-refractivity contribution in [2.75, 3.05) is 25.6 Å². The van der Waals surface area contributed by atoms with Crippen LogP contribution in [0, 0.1) is 0 Å². The molecule has 1 atom stereocenters. The smallest absolute Gasteiger partial charge is 0.0597 e. The van der Waals surface area contributed by atoms with Crippen LogP contribution in [0.3, 0.4) is 0 Å². The minimum Gasteiger partial charge on any atom is -0.377 e. The van der Waals surface area contributed by atoms with Crippen LogP contribution in [-0.4, -0.2) is 42.6 Å². The Morgan fingerprint density at radius 2 is 2.13 bits per heavy atom. The fourth-order valence-electron chi connectivity index (χ4n) is 2.11. The molecule has 0 saturated carbocycles. The molecule has 0 aromatic carbocycles. The summed E-state index contributed by atoms with van der Waals surface area (Å²) in [6.45, 7) is 7.24. The Bertz CT molecular complexity index is 164. The van der Waals surface area contributed by atoms with Gasteiger partial charge in [-0.2, -0.15) is 0 Å². The number of nitrogens with zero attached hydrogens (tertiary/aromatic N) is 1. The van der Waals surface area contributed by atoms with Gasteiger partial charge in [0.1, 0.15) is 0 Å². The van der Waals surface area contributed by atoms with Crippen molar-refractivity contribution in [3.05, 3.63) is 0 Å². The summed E-state index contributed by atoms with van der Waals surface area (Å²) >= 11 is 6.01. The maximum absolute atomic E-state index is 6.01. The monoisotopic (exact) mass is 233 g/mol. The lowest BCUT2D eigenvalue weighted by atomic mass is 10.1. The lowest BCUT2D eigenvalue weighted by Gasteiger charge is -2.28. The second-order valence-corrected chi connectivity index (χ2v) is 4.92. The summed E-state index contributed by atoms with van der Waals surface area (Å²) in [5.74, 6) is 0.766. The average Bonchev–Trinajstić information content (AvgIpc) is 2.42. The Hall–Kier alpha value is 0.210. The highest BCUT2D eigenvalue weighted by molar-refractivity contribution is 6.18. The van der Waals surface area contributed by atoms with Crippen LogP contribution in [0.25, 0.3) is 0 Å². The van der Waals surface area contributed by atoms with E-state index in [9.17, 15) is 0 Å². The van der Waals surface area contributed by atoms with Crippen LogP contribution in [-0.2, 0) is 4.74 Å². The zero-order valence-electron chi connectivity index (χ0n) is 10.0. The van der Waals surface area contributed by atoms with Crippen molar-refractivity contribution in [2.24, 2.45) is 0 Å². The van der Waals surface area contributed by atoms with E-state index >= 15 is 0 Å². The van der Waals surface area contributed by atoms with Gasteiger partial charge in [0.05, 0.1) is 12.7 Å². The third-order valence-corrected chi connectivity index (χ3v) is 3.36. The highest BCUT2D eigenvalue weighted by Crippen LogP contribution is 2.17. The zero-order valence-corrected chi connectivity index (χ0v) is 10.8. The van der Waals surface area contributed by atoms with Gasteiger partial charge in [-0.1, -0.05) is 12.8 Å². The summed E-state index contributed by atoms with van der Waals surface area (Å²) in [6, 6.07) is 0.574. The van der Waals surface area contributed by atoms with Crippen molar-refractivity contribution in [2.45, 2.75) is 51.7 Å². The van der Waals surface area contributed by atoms with E-state index in [0.717, 1.165) is 19.0 Å². The molecule has 1 unspecified atom stereocenters. The fraction of sp³-hybridized carbons (Fsp3) is 1.00. The first kappa shape index (κ1) is 13.3. The predicted molar refractivity (Wildman–Crippen MR) is 65.6 cm³/mol. The maximum Gasteiger partial charge on any atom is 0.0597 e. The SMILES string of the molecule is CC(C)OCCN1CCCCCC1CCl. The number of hydrogen-bond donors (Lipinski definition) is 0. The first-order valence-corrected chi connectivity index (χ1v) is 6.69. The number of hydrogen-bond acceptors (Lipinski definition) is 2. The van der Waals surface area contributed by atoms with E-state index in [1.165, 1.54) is 32.2 Å². The molecule has 1 aliphatic heterocycles. The maximum atomic E-state index is 6.01. The van der Waals surface area contributed by atoms with Crippen molar-refractivity contribution in [1.82, 2.24) is 4.90 Å². The Balaban J connectivity index is 2.28. The van der Waals surface area contributed by atoms with E-state index in [1.807, 2.05) is 0 Å². The van der Waals surface area contributed by atoms with E-state index in [2.05, 4.69) is 18.7 Å². The Kier molecular flexibility index (Phi) is 6.62. The highest BCUT2D eigenvalue weighted by atomic mass is 35.5. The quantitative estimate of drug-likeness (QED) is 0.678. The summed E-state index contributed by atoms with van der Waals surface area (Å²) in [4.78, 5) is 2.50. The Morgan fingerprint density at radius 3 is 2.80 bits per heavy atom. The van der Waals surface area contributed by atoms with Gasteiger partial charge in [-0.15, -0.1) is 11.6 Å². The largest absolute Gasteiger partial charge is 0.377 e. The Labute approximate surface area is 98.9 Å². The van der Waals surface area contributed by atoms with Crippen molar-refractivity contribution >= 4 is 11.6 Å². The summed E-state index contributed by atoms with van der Waals surface area (Å²) in [6.07, 6.45) is 5.60. The molecule has 90 valence electrons. The molecular weight excluding hydrogens is 210 g/mol. The van der Waals surface area contributed by atoms with Crippen molar-refractivity contribution in [3.8, 4) is 0 Å². The van der Waals surface area contributed by atoms with Gasteiger partial charge in [0, 0.05) is 18.5 Å². The molecule has 1 fully saturated rings. The number of ether oxygens (including phenoxy) is 1. The van der Waals surface area contributed by atoms with E-state index in [-0.39, 0.29) is 0 Å². The average molecular weight is 234 g/mol. The van der Waals surface area contributed by atoms with E-state index < -0.39 is 0 Å². The minimum absolute atomic E-state index is 0.339. The number of halogens is 1. The molecule has 15 heavy (non-hydrogen) atoms. The first-order chi connectivity index (χ1) is 7.24. The molecule has 0 N–H and O–H groups in total. The zero-order chi connectivity index (χ0) is 11.1. The van der Waals surface area contributed by atoms with Crippen LogP contribution >= 0.6 is 11.6 Å². The van der Waals surface area contributed by atoms with Crippen LogP contribution in [0.15, 0.2) is 0 Å². The molecule has 1 heterocycles. The molecule has 1 aliphatic rings. The van der Waals surface area contributed by atoms with Crippen molar-refractivity contribution in [1.29, 1.82) is 0 Å². The van der Waals surface area contributed by atoms with E-state index in [0.29, 0.717) is 12.1 Å². The van der Waals surface area contributed by atoms with Crippen molar-refractivity contribution in [3.63, 3.8) is 0 Å². The summed E-state index contributed by atoms with van der Waals surface area (Å²) < 4.78 is 5.59. The Morgan fingerprint density at radius 1 is 1.33 bits per heavy atom.